The quantitative estimate of drug-likeness (QED) is 0.564. The summed E-state index contributed by atoms with van der Waals surface area (Å²) in [6, 6.07) is 0.294. The van der Waals surface area contributed by atoms with Gasteiger partial charge in [0.05, 0.1) is 11.6 Å². The molecule has 16 heavy (non-hydrogen) atoms. The van der Waals surface area contributed by atoms with Crippen LogP contribution < -0.4 is 0 Å². The van der Waals surface area contributed by atoms with E-state index in [0.717, 1.165) is 12.8 Å². The first kappa shape index (κ1) is 15.6. The number of hydrogen-bond donors (Lipinski definition) is 0. The average molecular weight is 226 g/mol. The third kappa shape index (κ3) is 3.88. The molecule has 0 spiro atoms. The second-order valence-corrected chi connectivity index (χ2v) is 6.10. The first-order chi connectivity index (χ1) is 7.19. The third-order valence-corrected chi connectivity index (χ3v) is 4.46. The minimum absolute atomic E-state index is 0.00190. The van der Waals surface area contributed by atoms with E-state index in [1.54, 1.807) is 0 Å². The molecule has 0 aromatic carbocycles. The van der Waals surface area contributed by atoms with E-state index in [-0.39, 0.29) is 11.0 Å². The lowest BCUT2D eigenvalue weighted by atomic mass is 9.83. The molecule has 0 aromatic rings. The molecular weight excluding hydrogens is 196 g/mol. The van der Waals surface area contributed by atoms with Gasteiger partial charge in [0.25, 0.3) is 0 Å². The number of hydrogen-bond acceptors (Lipinski definition) is 2. The van der Waals surface area contributed by atoms with Crippen molar-refractivity contribution < 1.29 is 0 Å². The highest BCUT2D eigenvalue weighted by Gasteiger charge is 2.28. The van der Waals surface area contributed by atoms with Gasteiger partial charge in [0.15, 0.2) is 0 Å². The standard InChI is InChI=1S/C14H30N2/c1-9-13(6,7)12(5)15-16-14(8,10-2)11(3)4/h11-12H,9-10H2,1-8H3. The molecular formula is C14H30N2. The Labute approximate surface area is 102 Å². The molecule has 0 rings (SSSR count). The monoisotopic (exact) mass is 226 g/mol. The lowest BCUT2D eigenvalue weighted by Gasteiger charge is -2.30. The Morgan fingerprint density at radius 1 is 0.938 bits per heavy atom. The molecule has 2 atom stereocenters. The highest BCUT2D eigenvalue weighted by molar-refractivity contribution is 4.85. The normalized spacial score (nSPS) is 19.1. The maximum absolute atomic E-state index is 4.61. The van der Waals surface area contributed by atoms with Gasteiger partial charge in [0.2, 0.25) is 0 Å². The van der Waals surface area contributed by atoms with Crippen LogP contribution in [0.3, 0.4) is 0 Å². The Kier molecular flexibility index (Phi) is 5.64. The Bertz CT molecular complexity index is 231. The van der Waals surface area contributed by atoms with Gasteiger partial charge in [-0.2, -0.15) is 10.2 Å². The van der Waals surface area contributed by atoms with Crippen molar-refractivity contribution >= 4 is 0 Å². The van der Waals surface area contributed by atoms with Crippen molar-refractivity contribution in [2.45, 2.75) is 79.8 Å². The summed E-state index contributed by atoms with van der Waals surface area (Å²) >= 11 is 0. The molecule has 0 saturated heterocycles. The van der Waals surface area contributed by atoms with Gasteiger partial charge in [-0.05, 0) is 38.0 Å². The zero-order valence-electron chi connectivity index (χ0n) is 12.5. The number of nitrogens with zero attached hydrogens (tertiary/aromatic N) is 2. The first-order valence-electron chi connectivity index (χ1n) is 6.61. The van der Waals surface area contributed by atoms with E-state index >= 15 is 0 Å². The Hall–Kier alpha value is -0.400. The summed E-state index contributed by atoms with van der Waals surface area (Å²) in [4.78, 5) is 0. The fraction of sp³-hybridized carbons (Fsp3) is 1.00. The molecule has 0 aliphatic heterocycles. The second-order valence-electron chi connectivity index (χ2n) is 6.10. The Balaban J connectivity index is 4.70. The van der Waals surface area contributed by atoms with Crippen LogP contribution in [0.5, 0.6) is 0 Å². The van der Waals surface area contributed by atoms with Gasteiger partial charge in [0, 0.05) is 0 Å². The Morgan fingerprint density at radius 3 is 1.75 bits per heavy atom. The third-order valence-electron chi connectivity index (χ3n) is 4.46. The summed E-state index contributed by atoms with van der Waals surface area (Å²) < 4.78 is 0. The minimum Gasteiger partial charge on any atom is -0.190 e. The highest BCUT2D eigenvalue weighted by atomic mass is 15.2. The predicted molar refractivity (Wildman–Crippen MR) is 71.9 cm³/mol. The van der Waals surface area contributed by atoms with Crippen LogP contribution in [0.15, 0.2) is 10.2 Å². The smallest absolute Gasteiger partial charge is 0.0808 e. The number of rotatable bonds is 6. The fourth-order valence-electron chi connectivity index (χ4n) is 1.26. The van der Waals surface area contributed by atoms with Crippen molar-refractivity contribution in [2.75, 3.05) is 0 Å². The molecule has 2 unspecified atom stereocenters. The van der Waals surface area contributed by atoms with Crippen LogP contribution in [-0.2, 0) is 0 Å². The molecule has 0 saturated carbocycles. The van der Waals surface area contributed by atoms with Crippen LogP contribution in [-0.4, -0.2) is 11.6 Å². The lowest BCUT2D eigenvalue weighted by Crippen LogP contribution is -2.29. The second kappa shape index (κ2) is 5.79. The van der Waals surface area contributed by atoms with Gasteiger partial charge in [-0.25, -0.2) is 0 Å². The van der Waals surface area contributed by atoms with Crippen molar-refractivity contribution in [1.29, 1.82) is 0 Å². The van der Waals surface area contributed by atoms with Gasteiger partial charge in [-0.1, -0.05) is 41.5 Å². The van der Waals surface area contributed by atoms with E-state index < -0.39 is 0 Å². The summed E-state index contributed by atoms with van der Waals surface area (Å²) in [6.45, 7) is 17.7. The van der Waals surface area contributed by atoms with E-state index in [1.165, 1.54) is 0 Å². The zero-order chi connectivity index (χ0) is 13.0. The van der Waals surface area contributed by atoms with Crippen LogP contribution >= 0.6 is 0 Å². The molecule has 2 heteroatoms. The highest BCUT2D eigenvalue weighted by Crippen LogP contribution is 2.30. The van der Waals surface area contributed by atoms with Crippen molar-refractivity contribution in [2.24, 2.45) is 21.6 Å². The van der Waals surface area contributed by atoms with E-state index in [0.29, 0.717) is 12.0 Å². The maximum Gasteiger partial charge on any atom is 0.0808 e. The van der Waals surface area contributed by atoms with Crippen LogP contribution in [0.1, 0.15) is 68.2 Å². The van der Waals surface area contributed by atoms with Gasteiger partial charge in [-0.15, -0.1) is 0 Å². The largest absolute Gasteiger partial charge is 0.190 e. The van der Waals surface area contributed by atoms with E-state index in [2.05, 4.69) is 65.6 Å². The molecule has 0 aliphatic rings. The molecule has 0 aliphatic carbocycles. The van der Waals surface area contributed by atoms with Gasteiger partial charge >= 0.3 is 0 Å². The molecule has 0 N–H and O–H groups in total. The van der Waals surface area contributed by atoms with Crippen LogP contribution in [0, 0.1) is 11.3 Å². The topological polar surface area (TPSA) is 24.7 Å². The summed E-state index contributed by atoms with van der Waals surface area (Å²) in [6.07, 6.45) is 2.19. The average Bonchev–Trinajstić information content (AvgIpc) is 2.24. The van der Waals surface area contributed by atoms with Gasteiger partial charge < -0.3 is 0 Å². The van der Waals surface area contributed by atoms with Crippen molar-refractivity contribution in [3.8, 4) is 0 Å². The van der Waals surface area contributed by atoms with E-state index in [9.17, 15) is 0 Å². The van der Waals surface area contributed by atoms with Crippen molar-refractivity contribution in [1.82, 2.24) is 0 Å². The molecule has 0 heterocycles. The first-order valence-corrected chi connectivity index (χ1v) is 6.61. The molecule has 0 radical (unpaired) electrons. The zero-order valence-corrected chi connectivity index (χ0v) is 12.5. The SMILES string of the molecule is CCC(C)(C)C(C)N=NC(C)(CC)C(C)C. The van der Waals surface area contributed by atoms with Crippen LogP contribution in [0.4, 0.5) is 0 Å². The molecule has 0 fully saturated rings. The molecule has 0 bridgehead atoms. The molecule has 2 nitrogen and oxygen atoms in total. The van der Waals surface area contributed by atoms with Gasteiger partial charge in [0.1, 0.15) is 0 Å². The van der Waals surface area contributed by atoms with Gasteiger partial charge in [-0.3, -0.25) is 0 Å². The molecule has 0 aromatic heterocycles. The Morgan fingerprint density at radius 2 is 1.44 bits per heavy atom. The summed E-state index contributed by atoms with van der Waals surface area (Å²) in [5, 5.41) is 9.17. The predicted octanol–water partition coefficient (Wildman–Crippen LogP) is 5.09. The lowest BCUT2D eigenvalue weighted by molar-refractivity contribution is 0.257. The summed E-state index contributed by atoms with van der Waals surface area (Å²) in [7, 11) is 0. The van der Waals surface area contributed by atoms with Crippen LogP contribution in [0.25, 0.3) is 0 Å². The maximum atomic E-state index is 4.61. The minimum atomic E-state index is -0.00190. The van der Waals surface area contributed by atoms with E-state index in [1.807, 2.05) is 0 Å². The summed E-state index contributed by atoms with van der Waals surface area (Å²) in [5.41, 5.74) is 0.243. The van der Waals surface area contributed by atoms with Crippen molar-refractivity contribution in [3.05, 3.63) is 0 Å². The fourth-order valence-corrected chi connectivity index (χ4v) is 1.26. The van der Waals surface area contributed by atoms with Crippen LogP contribution in [0.2, 0.25) is 0 Å². The van der Waals surface area contributed by atoms with Crippen molar-refractivity contribution in [3.63, 3.8) is 0 Å². The van der Waals surface area contributed by atoms with E-state index in [4.69, 9.17) is 0 Å². The molecule has 0 amide bonds. The summed E-state index contributed by atoms with van der Waals surface area (Å²) in [5.74, 6) is 0.540. The molecule has 96 valence electrons. The number of azo groups is 1.